The first kappa shape index (κ1) is 35.0. The van der Waals surface area contributed by atoms with E-state index in [1.807, 2.05) is 12.5 Å². The van der Waals surface area contributed by atoms with Crippen LogP contribution in [0.25, 0.3) is 34.4 Å². The topological polar surface area (TPSA) is 18.5 Å². The Morgan fingerprint density at radius 3 is 1.33 bits per heavy atom. The van der Waals surface area contributed by atoms with Gasteiger partial charge in [-0.1, -0.05) is 0 Å². The minimum atomic E-state index is -4.05. The van der Waals surface area contributed by atoms with E-state index >= 15 is 0 Å². The van der Waals surface area contributed by atoms with Crippen molar-refractivity contribution < 1.29 is 26.9 Å². The van der Waals surface area contributed by atoms with E-state index in [-0.39, 0.29) is 36.0 Å². The molecule has 0 bridgehead atoms. The molecule has 0 amide bonds. The largest absolute Gasteiger partial charge is 0.147 e. The molecule has 4 atom stereocenters. The van der Waals surface area contributed by atoms with Gasteiger partial charge in [-0.05, 0) is 0 Å². The maximum atomic E-state index is 6.57. The van der Waals surface area contributed by atoms with Crippen LogP contribution in [-0.4, -0.2) is 18.1 Å². The van der Waals surface area contributed by atoms with Gasteiger partial charge in [-0.3, -0.25) is 0 Å². The second kappa shape index (κ2) is 12.5. The maximum Gasteiger partial charge on any atom is -0.147 e. The molecule has 0 spiro atoms. The van der Waals surface area contributed by atoms with Crippen LogP contribution in [0, 0.1) is 0 Å². The summed E-state index contributed by atoms with van der Waals surface area (Å²) in [7, 11) is 0. The molecular weight excluding hydrogens is 727 g/mol. The number of hydrogen-bond acceptors (Lipinski definition) is 2. The number of hydrogen-bond donors (Lipinski definition) is 0. The Hall–Kier alpha value is -2.88. The second-order valence-corrected chi connectivity index (χ2v) is 45.7. The molecule has 48 heavy (non-hydrogen) atoms. The van der Waals surface area contributed by atoms with Crippen LogP contribution in [0.3, 0.4) is 0 Å². The molecule has 0 saturated heterocycles. The van der Waals surface area contributed by atoms with Crippen molar-refractivity contribution in [2.24, 2.45) is 0 Å². The van der Waals surface area contributed by atoms with E-state index in [9.17, 15) is 0 Å². The molecule has 4 aromatic carbocycles. The van der Waals surface area contributed by atoms with Gasteiger partial charge in [0.05, 0.1) is 0 Å². The fraction of sp³-hybridized carbons (Fsp3) is 0.238. The van der Waals surface area contributed by atoms with Crippen LogP contribution in [0.4, 0.5) is 0 Å². The third kappa shape index (κ3) is 5.39. The number of halogens is 2. The smallest absolute Gasteiger partial charge is 0.147 e. The van der Waals surface area contributed by atoms with Crippen molar-refractivity contribution in [3.05, 3.63) is 155 Å². The monoisotopic (exact) mass is 768 g/mol. The Morgan fingerprint density at radius 2 is 0.979 bits per heavy atom. The Balaban J connectivity index is 0.00000201. The van der Waals surface area contributed by atoms with E-state index in [1.54, 1.807) is 0 Å². The summed E-state index contributed by atoms with van der Waals surface area (Å²) < 4.78 is 19.2. The van der Waals surface area contributed by atoms with Crippen LogP contribution in [0.2, 0.25) is 9.26 Å². The molecule has 2 heterocycles. The fourth-order valence-electron chi connectivity index (χ4n) is 9.08. The molecule has 4 aliphatic rings. The van der Waals surface area contributed by atoms with Gasteiger partial charge in [0.25, 0.3) is 0 Å². The zero-order chi connectivity index (χ0) is 31.8. The summed E-state index contributed by atoms with van der Waals surface area (Å²) in [6.45, 7) is 7.02. The van der Waals surface area contributed by atoms with E-state index in [1.165, 1.54) is 55.7 Å². The fourth-order valence-corrected chi connectivity index (χ4v) is 28.3. The Bertz CT molecular complexity index is 1910. The SMILES string of the molecule is CC1(C2=Cc3c(-c4ccccc4)cccc3[CH]2[Zr]([CH3])([CH3])(=[SiH2])[CH]2C(C3(C)CC=CO3)=Cc3c(-c4ccccc4)cccc32)CC=CO1.Cl.Cl. The zero-order valence-corrected chi connectivity index (χ0v) is 33.6. The minimum Gasteiger partial charge on any atom is -0.147 e. The Kier molecular flexibility index (Phi) is 9.08. The number of ether oxygens (including phenoxy) is 2. The van der Waals surface area contributed by atoms with Gasteiger partial charge in [-0.15, -0.1) is 24.8 Å². The van der Waals surface area contributed by atoms with E-state index in [4.69, 9.17) is 9.47 Å². The first-order chi connectivity index (χ1) is 22.1. The van der Waals surface area contributed by atoms with Crippen molar-refractivity contribution in [1.29, 1.82) is 0 Å². The minimum absolute atomic E-state index is 0. The van der Waals surface area contributed by atoms with Crippen LogP contribution in [0.15, 0.2) is 133 Å². The van der Waals surface area contributed by atoms with E-state index in [2.05, 4.69) is 151 Å². The van der Waals surface area contributed by atoms with Gasteiger partial charge in [-0.2, -0.15) is 0 Å². The molecular formula is C42H44Cl2O2SiZr. The summed E-state index contributed by atoms with van der Waals surface area (Å²) in [6, 6.07) is 35.8. The average molecular weight is 771 g/mol. The molecule has 6 heteroatoms. The van der Waals surface area contributed by atoms with Gasteiger partial charge in [-0.25, -0.2) is 0 Å². The molecule has 0 fully saturated rings. The van der Waals surface area contributed by atoms with E-state index in [0.29, 0.717) is 7.25 Å². The van der Waals surface area contributed by atoms with Gasteiger partial charge < -0.3 is 0 Å². The Morgan fingerprint density at radius 1 is 0.583 bits per heavy atom. The molecule has 4 aromatic rings. The van der Waals surface area contributed by atoms with Gasteiger partial charge in [0.1, 0.15) is 0 Å². The number of fused-ring (bicyclic) bond motifs is 2. The maximum absolute atomic E-state index is 6.57. The summed E-state index contributed by atoms with van der Waals surface area (Å²) in [5.41, 5.74) is 13.0. The van der Waals surface area contributed by atoms with Crippen LogP contribution >= 0.6 is 24.8 Å². The van der Waals surface area contributed by atoms with Crippen LogP contribution in [0.5, 0.6) is 0 Å². The number of rotatable bonds is 6. The van der Waals surface area contributed by atoms with Gasteiger partial charge >= 0.3 is 278 Å². The molecule has 8 rings (SSSR count). The molecule has 0 N–H and O–H groups in total. The van der Waals surface area contributed by atoms with Crippen molar-refractivity contribution in [3.63, 3.8) is 0 Å². The van der Waals surface area contributed by atoms with Crippen molar-refractivity contribution in [2.45, 2.75) is 54.4 Å². The molecule has 2 nitrogen and oxygen atoms in total. The normalized spacial score (nSPS) is 25.2. The van der Waals surface area contributed by atoms with Gasteiger partial charge in [0.2, 0.25) is 0 Å². The zero-order valence-electron chi connectivity index (χ0n) is 28.1. The first-order valence-corrected chi connectivity index (χ1v) is 30.3. The summed E-state index contributed by atoms with van der Waals surface area (Å²) >= 11 is -4.05. The van der Waals surface area contributed by atoms with Crippen LogP contribution in [-0.2, 0) is 26.9 Å². The molecule has 0 aromatic heterocycles. The predicted molar refractivity (Wildman–Crippen MR) is 206 cm³/mol. The van der Waals surface area contributed by atoms with Crippen molar-refractivity contribution in [1.82, 2.24) is 0 Å². The first-order valence-electron chi connectivity index (χ1n) is 16.6. The van der Waals surface area contributed by atoms with Crippen LogP contribution < -0.4 is 0 Å². The van der Waals surface area contributed by atoms with E-state index < -0.39 is 17.4 Å². The van der Waals surface area contributed by atoms with Crippen molar-refractivity contribution >= 4 is 43.8 Å². The summed E-state index contributed by atoms with van der Waals surface area (Å²) in [5, 5.41) is 0. The molecule has 2 aliphatic carbocycles. The van der Waals surface area contributed by atoms with Crippen molar-refractivity contribution in [3.8, 4) is 22.3 Å². The standard InChI is InChI=1S/2C20H17O.2CH3.2ClH.H2Si.Zr/c2*1-20(11-6-12-21-20)17-13-16-9-5-10-18(19(16)14-17)15-7-3-2-4-8-15;;;;;;/h2*2-10,12-14H,11H2,1H3;2*1H3;2*1H;1H2;. The van der Waals surface area contributed by atoms with Crippen molar-refractivity contribution in [2.75, 3.05) is 0 Å². The van der Waals surface area contributed by atoms with Gasteiger partial charge in [0.15, 0.2) is 0 Å². The van der Waals surface area contributed by atoms with Gasteiger partial charge in [0, 0.05) is 0 Å². The summed E-state index contributed by atoms with van der Waals surface area (Å²) in [5.74, 6) is 0. The quantitative estimate of drug-likeness (QED) is 0.182. The summed E-state index contributed by atoms with van der Waals surface area (Å²) in [4.78, 5) is 0. The van der Waals surface area contributed by atoms with E-state index in [0.717, 1.165) is 12.8 Å². The second-order valence-electron chi connectivity index (χ2n) is 15.2. The van der Waals surface area contributed by atoms with Crippen LogP contribution in [0.1, 0.15) is 56.2 Å². The molecule has 4 unspecified atom stereocenters. The molecule has 246 valence electrons. The third-order valence-corrected chi connectivity index (χ3v) is 28.5. The third-order valence-electron chi connectivity index (χ3n) is 11.3. The molecule has 0 saturated carbocycles. The predicted octanol–water partition coefficient (Wildman–Crippen LogP) is 11.2. The summed E-state index contributed by atoms with van der Waals surface area (Å²) in [6.07, 6.45) is 15.1. The number of benzene rings is 4. The molecule has 2 aliphatic heterocycles. The Labute approximate surface area is 300 Å². The molecule has 0 radical (unpaired) electrons. The average Bonchev–Trinajstić information content (AvgIpc) is 3.86.